The van der Waals surface area contributed by atoms with Crippen molar-refractivity contribution in [1.29, 1.82) is 0 Å². The first-order valence-corrected chi connectivity index (χ1v) is 12.2. The number of phenols is 1. The molecule has 0 unspecified atom stereocenters. The number of aromatic hydroxyl groups is 1. The second-order valence-corrected chi connectivity index (χ2v) is 9.01. The summed E-state index contributed by atoms with van der Waals surface area (Å²) in [5.41, 5.74) is 5.35. The minimum absolute atomic E-state index is 0.0485. The Hall–Kier alpha value is -2.97. The highest BCUT2D eigenvalue weighted by molar-refractivity contribution is 14.1. The molecule has 0 fully saturated rings. The Labute approximate surface area is 219 Å². The molecular formula is C28H29IO6. The maximum absolute atomic E-state index is 10.8. The number of hydrogen-bond donors (Lipinski definition) is 3. The minimum Gasteiger partial charge on any atom is -0.504 e. The largest absolute Gasteiger partial charge is 0.504 e. The van der Waals surface area contributed by atoms with Gasteiger partial charge in [0.15, 0.2) is 11.5 Å². The van der Waals surface area contributed by atoms with Crippen molar-refractivity contribution in [3.8, 4) is 23.0 Å². The number of phenolic OH excluding ortho intramolecular Hbond substituents is 1. The number of para-hydroxylation sites is 1. The molecule has 184 valence electrons. The van der Waals surface area contributed by atoms with Gasteiger partial charge < -0.3 is 29.5 Å². The average Bonchev–Trinajstić information content (AvgIpc) is 2.89. The molecule has 7 heteroatoms. The van der Waals surface area contributed by atoms with E-state index in [9.17, 15) is 15.3 Å². The van der Waals surface area contributed by atoms with Crippen LogP contribution in [0, 0.1) is 3.57 Å². The highest BCUT2D eigenvalue weighted by Crippen LogP contribution is 2.35. The standard InChI is InChI=1S/C28H29IO6/c1-33-22-13-11-20(12-14-22)26(31)15-19(18-35-23-8-4-3-5-9-23)7-6-10-25(30)21-16-24(29)28(32)27(17-21)34-2/h3-6,8-9,11-14,16-17,25-26,30-32H,10,15,18H2,1-2H3/t7?,25-,26-/m1/s1. The summed E-state index contributed by atoms with van der Waals surface area (Å²) in [6, 6.07) is 20.0. The lowest BCUT2D eigenvalue weighted by Gasteiger charge is -2.14. The van der Waals surface area contributed by atoms with E-state index in [1.165, 1.54) is 7.11 Å². The Bertz CT molecular complexity index is 1150. The van der Waals surface area contributed by atoms with Gasteiger partial charge in [-0.15, -0.1) is 5.73 Å². The summed E-state index contributed by atoms with van der Waals surface area (Å²) in [6.45, 7) is 0.245. The van der Waals surface area contributed by atoms with E-state index in [-0.39, 0.29) is 18.8 Å². The summed E-state index contributed by atoms with van der Waals surface area (Å²) in [7, 11) is 3.07. The van der Waals surface area contributed by atoms with Crippen LogP contribution in [0.25, 0.3) is 0 Å². The van der Waals surface area contributed by atoms with Gasteiger partial charge in [-0.05, 0) is 76.2 Å². The molecule has 0 heterocycles. The average molecular weight is 588 g/mol. The van der Waals surface area contributed by atoms with Gasteiger partial charge in [0, 0.05) is 18.4 Å². The molecule has 0 radical (unpaired) electrons. The van der Waals surface area contributed by atoms with Crippen molar-refractivity contribution in [2.45, 2.75) is 25.0 Å². The Morgan fingerprint density at radius 2 is 1.63 bits per heavy atom. The van der Waals surface area contributed by atoms with Gasteiger partial charge in [0.2, 0.25) is 0 Å². The van der Waals surface area contributed by atoms with Crippen molar-refractivity contribution < 1.29 is 29.5 Å². The molecule has 3 aromatic rings. The zero-order chi connectivity index (χ0) is 25.2. The van der Waals surface area contributed by atoms with E-state index in [2.05, 4.69) is 5.73 Å². The van der Waals surface area contributed by atoms with Crippen molar-refractivity contribution in [3.05, 3.63) is 98.8 Å². The molecule has 0 saturated heterocycles. The second-order valence-electron chi connectivity index (χ2n) is 7.85. The second kappa shape index (κ2) is 13.2. The highest BCUT2D eigenvalue weighted by atomic mass is 127. The predicted octanol–water partition coefficient (Wildman–Crippen LogP) is 5.72. The van der Waals surface area contributed by atoms with Crippen LogP contribution in [0.3, 0.4) is 0 Å². The van der Waals surface area contributed by atoms with Gasteiger partial charge in [0.1, 0.15) is 18.1 Å². The molecule has 6 nitrogen and oxygen atoms in total. The molecular weight excluding hydrogens is 559 g/mol. The van der Waals surface area contributed by atoms with Crippen molar-refractivity contribution in [1.82, 2.24) is 0 Å². The van der Waals surface area contributed by atoms with E-state index in [0.717, 1.165) is 22.6 Å². The molecule has 0 aliphatic rings. The van der Waals surface area contributed by atoms with Gasteiger partial charge in [-0.2, -0.15) is 0 Å². The number of ether oxygens (including phenoxy) is 3. The van der Waals surface area contributed by atoms with E-state index in [4.69, 9.17) is 14.2 Å². The first kappa shape index (κ1) is 26.6. The quantitative estimate of drug-likeness (QED) is 0.196. The molecule has 3 N–H and O–H groups in total. The van der Waals surface area contributed by atoms with Crippen molar-refractivity contribution >= 4 is 22.6 Å². The van der Waals surface area contributed by atoms with E-state index < -0.39 is 12.2 Å². The Balaban J connectivity index is 1.77. The number of aliphatic hydroxyl groups excluding tert-OH is 2. The lowest BCUT2D eigenvalue weighted by molar-refractivity contribution is 0.173. The van der Waals surface area contributed by atoms with Crippen molar-refractivity contribution in [2.75, 3.05) is 20.8 Å². The summed E-state index contributed by atoms with van der Waals surface area (Å²) in [5.74, 6) is 1.80. The number of hydrogen-bond acceptors (Lipinski definition) is 6. The number of benzene rings is 3. The normalized spacial score (nSPS) is 12.3. The van der Waals surface area contributed by atoms with Gasteiger partial charge in [-0.1, -0.05) is 30.3 Å². The molecule has 2 atom stereocenters. The number of aliphatic hydroxyl groups is 2. The summed E-state index contributed by atoms with van der Waals surface area (Å²) in [6.07, 6.45) is 0.785. The molecule has 0 aromatic heterocycles. The first-order chi connectivity index (χ1) is 16.9. The lowest BCUT2D eigenvalue weighted by Crippen LogP contribution is -2.06. The maximum Gasteiger partial charge on any atom is 0.171 e. The van der Waals surface area contributed by atoms with E-state index >= 15 is 0 Å². The third kappa shape index (κ3) is 7.77. The Kier molecular flexibility index (Phi) is 10.0. The van der Waals surface area contributed by atoms with Crippen LogP contribution in [0.1, 0.15) is 36.2 Å². The summed E-state index contributed by atoms with van der Waals surface area (Å²) in [5, 5.41) is 31.5. The van der Waals surface area contributed by atoms with Crippen LogP contribution in [0.4, 0.5) is 0 Å². The van der Waals surface area contributed by atoms with Crippen LogP contribution in [0.15, 0.2) is 84.1 Å². The fourth-order valence-electron chi connectivity index (χ4n) is 3.42. The zero-order valence-corrected chi connectivity index (χ0v) is 21.8. The Morgan fingerprint density at radius 1 is 0.914 bits per heavy atom. The van der Waals surface area contributed by atoms with Crippen LogP contribution in [-0.4, -0.2) is 36.1 Å². The van der Waals surface area contributed by atoms with Crippen LogP contribution in [0.2, 0.25) is 0 Å². The van der Waals surface area contributed by atoms with Crippen LogP contribution in [0.5, 0.6) is 23.0 Å². The maximum atomic E-state index is 10.8. The molecule has 3 rings (SSSR count). The minimum atomic E-state index is -0.812. The summed E-state index contributed by atoms with van der Waals surface area (Å²) in [4.78, 5) is 0. The molecule has 3 aromatic carbocycles. The molecule has 35 heavy (non-hydrogen) atoms. The summed E-state index contributed by atoms with van der Waals surface area (Å²) >= 11 is 2.00. The molecule has 0 aliphatic carbocycles. The highest BCUT2D eigenvalue weighted by Gasteiger charge is 2.14. The topological polar surface area (TPSA) is 88.4 Å². The number of halogens is 1. The van der Waals surface area contributed by atoms with Gasteiger partial charge >= 0.3 is 0 Å². The zero-order valence-electron chi connectivity index (χ0n) is 19.6. The monoisotopic (exact) mass is 588 g/mol. The van der Waals surface area contributed by atoms with Crippen LogP contribution < -0.4 is 14.2 Å². The van der Waals surface area contributed by atoms with Crippen molar-refractivity contribution in [2.24, 2.45) is 0 Å². The number of methoxy groups -OCH3 is 2. The molecule has 0 bridgehead atoms. The molecule has 0 aliphatic heterocycles. The van der Waals surface area contributed by atoms with Crippen LogP contribution in [-0.2, 0) is 0 Å². The molecule has 0 amide bonds. The van der Waals surface area contributed by atoms with Crippen LogP contribution >= 0.6 is 22.6 Å². The van der Waals surface area contributed by atoms with Gasteiger partial charge in [-0.3, -0.25) is 0 Å². The Morgan fingerprint density at radius 3 is 2.29 bits per heavy atom. The van der Waals surface area contributed by atoms with E-state index in [1.807, 2.05) is 77.2 Å². The third-order valence-electron chi connectivity index (χ3n) is 5.40. The predicted molar refractivity (Wildman–Crippen MR) is 143 cm³/mol. The van der Waals surface area contributed by atoms with Crippen molar-refractivity contribution in [3.63, 3.8) is 0 Å². The number of rotatable bonds is 11. The lowest BCUT2D eigenvalue weighted by atomic mass is 10.0. The fraction of sp³-hybridized carbons (Fsp3) is 0.250. The van der Waals surface area contributed by atoms with Gasteiger partial charge in [-0.25, -0.2) is 0 Å². The fourth-order valence-corrected chi connectivity index (χ4v) is 4.04. The molecule has 0 saturated carbocycles. The van der Waals surface area contributed by atoms with E-state index in [0.29, 0.717) is 21.3 Å². The SMILES string of the molecule is COc1ccc([C@H](O)CC(=C=CC[C@@H](O)c2cc(I)c(O)c(OC)c2)COc2ccccc2)cc1. The van der Waals surface area contributed by atoms with E-state index in [1.54, 1.807) is 25.3 Å². The van der Waals surface area contributed by atoms with Gasteiger partial charge in [0.05, 0.1) is 30.0 Å². The first-order valence-electron chi connectivity index (χ1n) is 11.1. The van der Waals surface area contributed by atoms with Gasteiger partial charge in [0.25, 0.3) is 0 Å². The smallest absolute Gasteiger partial charge is 0.171 e. The third-order valence-corrected chi connectivity index (χ3v) is 6.22. The summed E-state index contributed by atoms with van der Waals surface area (Å²) < 4.78 is 16.9. The molecule has 0 spiro atoms.